The van der Waals surface area contributed by atoms with Crippen molar-refractivity contribution in [3.63, 3.8) is 0 Å². The van der Waals surface area contributed by atoms with Crippen LogP contribution in [0.1, 0.15) is 0 Å². The minimum absolute atomic E-state index is 0.184. The molecule has 0 saturated heterocycles. The van der Waals surface area contributed by atoms with E-state index < -0.39 is 0 Å². The number of nitrogens with one attached hydrogen (secondary N) is 1. The molecule has 0 spiro atoms. The summed E-state index contributed by atoms with van der Waals surface area (Å²) in [6, 6.07) is 7.14. The Morgan fingerprint density at radius 1 is 1.40 bits per heavy atom. The summed E-state index contributed by atoms with van der Waals surface area (Å²) in [7, 11) is 0. The third-order valence-corrected chi connectivity index (χ3v) is 4.47. The van der Waals surface area contributed by atoms with E-state index in [-0.39, 0.29) is 5.56 Å². The van der Waals surface area contributed by atoms with Crippen LogP contribution in [0.15, 0.2) is 44.8 Å². The van der Waals surface area contributed by atoms with Gasteiger partial charge in [0, 0.05) is 4.74 Å². The zero-order valence-corrected chi connectivity index (χ0v) is 11.7. The summed E-state index contributed by atoms with van der Waals surface area (Å²) in [4.78, 5) is 23.1. The van der Waals surface area contributed by atoms with Crippen molar-refractivity contribution < 1.29 is 9.95 Å². The minimum Gasteiger partial charge on any atom is -0.301 e. The fourth-order valence-electron chi connectivity index (χ4n) is 1.61. The fraction of sp³-hybridized carbons (Fsp3) is 0. The fourth-order valence-corrected chi connectivity index (χ4v) is 3.33. The van der Waals surface area contributed by atoms with E-state index in [9.17, 15) is 10.0 Å². The largest absolute Gasteiger partial charge is 0.331 e. The van der Waals surface area contributed by atoms with Crippen molar-refractivity contribution in [1.82, 2.24) is 15.0 Å². The molecule has 2 N–H and O–H groups in total. The number of hydrogen-bond donors (Lipinski definition) is 2. The highest BCUT2D eigenvalue weighted by Crippen LogP contribution is 2.32. The van der Waals surface area contributed by atoms with Crippen molar-refractivity contribution in [2.45, 2.75) is 9.50 Å². The molecule has 3 rings (SSSR count). The third kappa shape index (κ3) is 2.43. The smallest absolute Gasteiger partial charge is 0.301 e. The van der Waals surface area contributed by atoms with Crippen LogP contribution >= 0.6 is 23.1 Å². The molecule has 0 radical (unpaired) electrons. The van der Waals surface area contributed by atoms with E-state index in [1.165, 1.54) is 29.3 Å². The van der Waals surface area contributed by atoms with E-state index in [1.807, 2.05) is 6.07 Å². The zero-order chi connectivity index (χ0) is 14.1. The lowest BCUT2D eigenvalue weighted by Crippen LogP contribution is -2.08. The molecule has 1 aromatic carbocycles. The maximum atomic E-state index is 11.9. The van der Waals surface area contributed by atoms with E-state index >= 15 is 0 Å². The highest BCUT2D eigenvalue weighted by molar-refractivity contribution is 8.00. The summed E-state index contributed by atoms with van der Waals surface area (Å²) in [5.41, 5.74) is 0.451. The molecule has 0 bridgehead atoms. The number of fused-ring (bicyclic) bond motifs is 1. The molecule has 6 nitrogen and oxygen atoms in total. The Balaban J connectivity index is 1.98. The molecule has 8 heteroatoms. The highest BCUT2D eigenvalue weighted by atomic mass is 32.2. The number of hydrogen-bond acceptors (Lipinski definition) is 6. The molecule has 0 aliphatic rings. The Hall–Kier alpha value is -2.19. The van der Waals surface area contributed by atoms with Gasteiger partial charge in [0.2, 0.25) is 0 Å². The maximum absolute atomic E-state index is 11.9. The van der Waals surface area contributed by atoms with Gasteiger partial charge in [0.15, 0.2) is 16.2 Å². The van der Waals surface area contributed by atoms with Gasteiger partial charge in [-0.15, -0.1) is 0 Å². The Bertz CT molecular complexity index is 856. The standard InChI is InChI=1S/C12H8N4O2S2/c1-16(18)9-6-13-12(19-9)20-11-14-8-5-3-2-4-7(8)10(17)15-11/h2-6H,1H2,(H-,14,15,17,18)/p+1. The lowest BCUT2D eigenvalue weighted by atomic mass is 10.2. The molecule has 100 valence electrons. The molecule has 20 heavy (non-hydrogen) atoms. The second kappa shape index (κ2) is 5.06. The average molecular weight is 305 g/mol. The van der Waals surface area contributed by atoms with Gasteiger partial charge in [-0.25, -0.2) is 9.97 Å². The Labute approximate surface area is 121 Å². The van der Waals surface area contributed by atoms with Crippen molar-refractivity contribution in [1.29, 1.82) is 0 Å². The van der Waals surface area contributed by atoms with Gasteiger partial charge in [-0.1, -0.05) is 12.1 Å². The number of aromatic nitrogens is 3. The zero-order valence-electron chi connectivity index (χ0n) is 10.1. The summed E-state index contributed by atoms with van der Waals surface area (Å²) in [5.74, 6) is 0. The van der Waals surface area contributed by atoms with Gasteiger partial charge in [0.1, 0.15) is 6.20 Å². The van der Waals surface area contributed by atoms with Gasteiger partial charge >= 0.3 is 5.00 Å². The molecular weight excluding hydrogens is 296 g/mol. The highest BCUT2D eigenvalue weighted by Gasteiger charge is 2.13. The number of H-pyrrole nitrogens is 1. The predicted octanol–water partition coefficient (Wildman–Crippen LogP) is 2.26. The van der Waals surface area contributed by atoms with Crippen LogP contribution in [0.2, 0.25) is 0 Å². The SMILES string of the molecule is C=[N+](O)c1cnc(Sc2nc3ccccc3c(=O)[nH]2)s1. The number of rotatable bonds is 3. The van der Waals surface area contributed by atoms with Crippen molar-refractivity contribution in [2.75, 3.05) is 0 Å². The Morgan fingerprint density at radius 3 is 2.95 bits per heavy atom. The molecule has 3 aromatic rings. The molecular formula is C12H9N4O2S2+. The quantitative estimate of drug-likeness (QED) is 0.255. The van der Waals surface area contributed by atoms with Crippen molar-refractivity contribution in [3.05, 3.63) is 40.8 Å². The lowest BCUT2D eigenvalue weighted by molar-refractivity contribution is -0.703. The molecule has 0 aliphatic carbocycles. The average Bonchev–Trinajstić information content (AvgIpc) is 2.87. The normalized spacial score (nSPS) is 10.8. The molecule has 2 aromatic heterocycles. The first-order chi connectivity index (χ1) is 9.63. The third-order valence-electron chi connectivity index (χ3n) is 2.50. The number of benzene rings is 1. The summed E-state index contributed by atoms with van der Waals surface area (Å²) >= 11 is 2.48. The first kappa shape index (κ1) is 12.8. The second-order valence-corrected chi connectivity index (χ2v) is 6.10. The first-order valence-corrected chi connectivity index (χ1v) is 7.19. The molecule has 0 amide bonds. The van der Waals surface area contributed by atoms with Gasteiger partial charge in [0.25, 0.3) is 5.56 Å². The van der Waals surface area contributed by atoms with Crippen LogP contribution in [0.5, 0.6) is 0 Å². The molecule has 0 saturated carbocycles. The van der Waals surface area contributed by atoms with Crippen molar-refractivity contribution >= 4 is 45.7 Å². The monoisotopic (exact) mass is 305 g/mol. The van der Waals surface area contributed by atoms with Crippen molar-refractivity contribution in [3.8, 4) is 0 Å². The van der Waals surface area contributed by atoms with E-state index in [2.05, 4.69) is 21.7 Å². The molecule has 2 heterocycles. The van der Waals surface area contributed by atoms with Gasteiger partial charge in [-0.3, -0.25) is 10.0 Å². The van der Waals surface area contributed by atoms with Crippen LogP contribution < -0.4 is 5.56 Å². The number of nitrogens with zero attached hydrogens (tertiary/aromatic N) is 3. The maximum Gasteiger partial charge on any atom is 0.331 e. The van der Waals surface area contributed by atoms with Crippen LogP contribution in [0.4, 0.5) is 5.00 Å². The van der Waals surface area contributed by atoms with Gasteiger partial charge in [-0.05, 0) is 35.2 Å². The van der Waals surface area contributed by atoms with Gasteiger partial charge in [0.05, 0.1) is 10.9 Å². The lowest BCUT2D eigenvalue weighted by Gasteiger charge is -1.99. The molecule has 0 atom stereocenters. The number of thiazole rings is 1. The van der Waals surface area contributed by atoms with Crippen LogP contribution in [0.25, 0.3) is 10.9 Å². The van der Waals surface area contributed by atoms with E-state index in [0.717, 1.165) is 4.74 Å². The summed E-state index contributed by atoms with van der Waals surface area (Å²) in [5, 5.41) is 10.7. The minimum atomic E-state index is -0.184. The van der Waals surface area contributed by atoms with Crippen molar-refractivity contribution in [2.24, 2.45) is 0 Å². The van der Waals surface area contributed by atoms with Crippen LogP contribution in [-0.4, -0.2) is 31.6 Å². The predicted molar refractivity (Wildman–Crippen MR) is 77.4 cm³/mol. The van der Waals surface area contributed by atoms with Crippen LogP contribution in [0, 0.1) is 0 Å². The summed E-state index contributed by atoms with van der Waals surface area (Å²) in [6.45, 7) is 3.36. The number of para-hydroxylation sites is 1. The van der Waals surface area contributed by atoms with E-state index in [4.69, 9.17) is 0 Å². The molecule has 0 fully saturated rings. The van der Waals surface area contributed by atoms with E-state index in [0.29, 0.717) is 25.4 Å². The molecule has 0 unspecified atom stereocenters. The second-order valence-electron chi connectivity index (χ2n) is 3.85. The van der Waals surface area contributed by atoms with E-state index in [1.54, 1.807) is 18.2 Å². The van der Waals surface area contributed by atoms with Gasteiger partial charge in [-0.2, -0.15) is 0 Å². The summed E-state index contributed by atoms with van der Waals surface area (Å²) < 4.78 is 1.40. The van der Waals surface area contributed by atoms with Gasteiger partial charge < -0.3 is 4.98 Å². The topological polar surface area (TPSA) is 81.9 Å². The Morgan fingerprint density at radius 2 is 2.20 bits per heavy atom. The summed E-state index contributed by atoms with van der Waals surface area (Å²) in [6.07, 6.45) is 1.50. The molecule has 0 aliphatic heterocycles. The van der Waals surface area contributed by atoms with Crippen LogP contribution in [0.3, 0.4) is 0 Å². The number of aromatic amines is 1. The first-order valence-electron chi connectivity index (χ1n) is 5.56. The Kier molecular flexibility index (Phi) is 3.25. The van der Waals surface area contributed by atoms with Crippen LogP contribution in [-0.2, 0) is 0 Å².